The van der Waals surface area contributed by atoms with Gasteiger partial charge in [0.05, 0.1) is 16.7 Å². The SMILES string of the molecule is CCCCCCn1c(SCC(=O)Nc2cccc3ccccc23)nc2ccccc2c1=O. The molecule has 0 aliphatic carbocycles. The predicted molar refractivity (Wildman–Crippen MR) is 133 cm³/mol. The number of benzene rings is 3. The molecule has 164 valence electrons. The van der Waals surface area contributed by atoms with Crippen LogP contribution in [0.4, 0.5) is 5.69 Å². The molecule has 0 saturated carbocycles. The number of hydrogen-bond donors (Lipinski definition) is 1. The standard InChI is InChI=1S/C26H27N3O2S/c1-2-3-4-9-17-29-25(31)21-14-7-8-15-23(21)28-26(29)32-18-24(30)27-22-16-10-12-19-11-5-6-13-20(19)22/h5-8,10-16H,2-4,9,17-18H2,1H3,(H,27,30). The number of unbranched alkanes of at least 4 members (excludes halogenated alkanes) is 3. The van der Waals surface area contributed by atoms with Crippen molar-refractivity contribution in [2.24, 2.45) is 0 Å². The van der Waals surface area contributed by atoms with Gasteiger partial charge in [-0.05, 0) is 30.0 Å². The smallest absolute Gasteiger partial charge is 0.262 e. The van der Waals surface area contributed by atoms with E-state index in [2.05, 4.69) is 12.2 Å². The fourth-order valence-electron chi connectivity index (χ4n) is 3.80. The molecule has 4 aromatic rings. The lowest BCUT2D eigenvalue weighted by Gasteiger charge is -2.13. The van der Waals surface area contributed by atoms with E-state index in [9.17, 15) is 9.59 Å². The van der Waals surface area contributed by atoms with Gasteiger partial charge in [0.1, 0.15) is 0 Å². The van der Waals surface area contributed by atoms with Gasteiger partial charge < -0.3 is 5.32 Å². The molecule has 0 spiro atoms. The number of nitrogens with zero attached hydrogens (tertiary/aromatic N) is 2. The molecule has 1 heterocycles. The lowest BCUT2D eigenvalue weighted by molar-refractivity contribution is -0.113. The van der Waals surface area contributed by atoms with Crippen molar-refractivity contribution >= 4 is 45.0 Å². The average molecular weight is 446 g/mol. The Morgan fingerprint density at radius 1 is 0.938 bits per heavy atom. The Hall–Kier alpha value is -3.12. The summed E-state index contributed by atoms with van der Waals surface area (Å²) in [7, 11) is 0. The van der Waals surface area contributed by atoms with Crippen LogP contribution in [0.3, 0.4) is 0 Å². The van der Waals surface area contributed by atoms with Crippen LogP contribution in [0.25, 0.3) is 21.7 Å². The molecular weight excluding hydrogens is 418 g/mol. The van der Waals surface area contributed by atoms with Crippen LogP contribution >= 0.6 is 11.8 Å². The topological polar surface area (TPSA) is 64.0 Å². The molecule has 0 bridgehead atoms. The van der Waals surface area contributed by atoms with Crippen LogP contribution in [0.1, 0.15) is 32.6 Å². The third kappa shape index (κ3) is 5.02. The van der Waals surface area contributed by atoms with Crippen molar-refractivity contribution in [3.05, 3.63) is 77.1 Å². The van der Waals surface area contributed by atoms with Crippen molar-refractivity contribution in [2.75, 3.05) is 11.1 Å². The van der Waals surface area contributed by atoms with Crippen molar-refractivity contribution in [3.8, 4) is 0 Å². The molecule has 1 amide bonds. The maximum absolute atomic E-state index is 13.1. The summed E-state index contributed by atoms with van der Waals surface area (Å²) in [6.45, 7) is 2.78. The first-order chi connectivity index (χ1) is 15.7. The molecule has 0 unspecified atom stereocenters. The summed E-state index contributed by atoms with van der Waals surface area (Å²) in [5, 5.41) is 6.31. The van der Waals surface area contributed by atoms with Gasteiger partial charge in [0, 0.05) is 17.6 Å². The first kappa shape index (κ1) is 22.1. The Morgan fingerprint density at radius 2 is 1.69 bits per heavy atom. The number of carbonyl (C=O) groups is 1. The van der Waals surface area contributed by atoms with Crippen molar-refractivity contribution < 1.29 is 4.79 Å². The summed E-state index contributed by atoms with van der Waals surface area (Å²) < 4.78 is 1.73. The van der Waals surface area contributed by atoms with E-state index in [1.165, 1.54) is 11.8 Å². The number of rotatable bonds is 9. The molecule has 1 aromatic heterocycles. The second kappa shape index (κ2) is 10.5. The van der Waals surface area contributed by atoms with E-state index >= 15 is 0 Å². The Bertz CT molecular complexity index is 1290. The van der Waals surface area contributed by atoms with Gasteiger partial charge in [0.15, 0.2) is 5.16 Å². The Balaban J connectivity index is 1.53. The lowest BCUT2D eigenvalue weighted by Crippen LogP contribution is -2.24. The zero-order valence-electron chi connectivity index (χ0n) is 18.2. The summed E-state index contributed by atoms with van der Waals surface area (Å²) in [5.41, 5.74) is 1.42. The van der Waals surface area contributed by atoms with E-state index in [0.29, 0.717) is 22.6 Å². The van der Waals surface area contributed by atoms with Crippen LogP contribution in [0.2, 0.25) is 0 Å². The second-order valence-electron chi connectivity index (χ2n) is 7.79. The van der Waals surface area contributed by atoms with E-state index in [-0.39, 0.29) is 17.2 Å². The van der Waals surface area contributed by atoms with E-state index in [0.717, 1.165) is 42.1 Å². The third-order valence-electron chi connectivity index (χ3n) is 5.46. The van der Waals surface area contributed by atoms with Gasteiger partial charge in [-0.15, -0.1) is 0 Å². The first-order valence-electron chi connectivity index (χ1n) is 11.1. The molecule has 1 N–H and O–H groups in total. The Morgan fingerprint density at radius 3 is 2.53 bits per heavy atom. The van der Waals surface area contributed by atoms with Crippen molar-refractivity contribution in [3.63, 3.8) is 0 Å². The van der Waals surface area contributed by atoms with Crippen LogP contribution in [0.15, 0.2) is 76.7 Å². The van der Waals surface area contributed by atoms with Gasteiger partial charge in [-0.1, -0.05) is 86.5 Å². The van der Waals surface area contributed by atoms with Crippen molar-refractivity contribution in [1.82, 2.24) is 9.55 Å². The van der Waals surface area contributed by atoms with Crippen LogP contribution in [0.5, 0.6) is 0 Å². The molecule has 4 rings (SSSR count). The van der Waals surface area contributed by atoms with Gasteiger partial charge in [0.25, 0.3) is 5.56 Å². The second-order valence-corrected chi connectivity index (χ2v) is 8.74. The fraction of sp³-hybridized carbons (Fsp3) is 0.269. The van der Waals surface area contributed by atoms with Crippen LogP contribution < -0.4 is 10.9 Å². The predicted octanol–water partition coefficient (Wildman–Crippen LogP) is 5.86. The van der Waals surface area contributed by atoms with Gasteiger partial charge in [0.2, 0.25) is 5.91 Å². The lowest BCUT2D eigenvalue weighted by atomic mass is 10.1. The number of aromatic nitrogens is 2. The minimum Gasteiger partial charge on any atom is -0.325 e. The molecule has 32 heavy (non-hydrogen) atoms. The molecule has 6 heteroatoms. The zero-order valence-corrected chi connectivity index (χ0v) is 19.0. The van der Waals surface area contributed by atoms with E-state index in [1.54, 1.807) is 4.57 Å². The maximum Gasteiger partial charge on any atom is 0.262 e. The molecule has 5 nitrogen and oxygen atoms in total. The number of amides is 1. The highest BCUT2D eigenvalue weighted by Crippen LogP contribution is 2.24. The molecule has 0 saturated heterocycles. The number of nitrogens with one attached hydrogen (secondary N) is 1. The zero-order chi connectivity index (χ0) is 22.3. The number of hydrogen-bond acceptors (Lipinski definition) is 4. The number of thioether (sulfide) groups is 1. The third-order valence-corrected chi connectivity index (χ3v) is 6.43. The highest BCUT2D eigenvalue weighted by Gasteiger charge is 2.14. The number of para-hydroxylation sites is 1. The molecule has 0 atom stereocenters. The summed E-state index contributed by atoms with van der Waals surface area (Å²) in [5.74, 6) is 0.0643. The quantitative estimate of drug-likeness (QED) is 0.199. The molecule has 0 radical (unpaired) electrons. The molecule has 0 fully saturated rings. The normalized spacial score (nSPS) is 11.2. The Labute approximate surface area is 191 Å². The Kier molecular flexibility index (Phi) is 7.22. The summed E-state index contributed by atoms with van der Waals surface area (Å²) in [6.07, 6.45) is 4.28. The summed E-state index contributed by atoms with van der Waals surface area (Å²) >= 11 is 1.31. The van der Waals surface area contributed by atoms with Gasteiger partial charge in [-0.25, -0.2) is 4.98 Å². The van der Waals surface area contributed by atoms with Crippen LogP contribution in [0, 0.1) is 0 Å². The van der Waals surface area contributed by atoms with Gasteiger partial charge in [-0.3, -0.25) is 14.2 Å². The number of carbonyl (C=O) groups excluding carboxylic acids is 1. The molecule has 3 aromatic carbocycles. The average Bonchev–Trinajstić information content (AvgIpc) is 2.82. The van der Waals surface area contributed by atoms with E-state index in [1.807, 2.05) is 66.7 Å². The molecular formula is C26H27N3O2S. The largest absolute Gasteiger partial charge is 0.325 e. The highest BCUT2D eigenvalue weighted by atomic mass is 32.2. The van der Waals surface area contributed by atoms with E-state index < -0.39 is 0 Å². The van der Waals surface area contributed by atoms with Gasteiger partial charge >= 0.3 is 0 Å². The first-order valence-corrected chi connectivity index (χ1v) is 12.1. The molecule has 0 aliphatic heterocycles. The highest BCUT2D eigenvalue weighted by molar-refractivity contribution is 7.99. The van der Waals surface area contributed by atoms with E-state index in [4.69, 9.17) is 4.98 Å². The van der Waals surface area contributed by atoms with Crippen molar-refractivity contribution in [1.29, 1.82) is 0 Å². The van der Waals surface area contributed by atoms with Crippen LogP contribution in [-0.4, -0.2) is 21.2 Å². The molecule has 0 aliphatic rings. The minimum absolute atomic E-state index is 0.0379. The summed E-state index contributed by atoms with van der Waals surface area (Å²) in [6, 6.07) is 21.2. The van der Waals surface area contributed by atoms with Crippen molar-refractivity contribution in [2.45, 2.75) is 44.3 Å². The number of fused-ring (bicyclic) bond motifs is 2. The minimum atomic E-state index is -0.119. The van der Waals surface area contributed by atoms with Crippen LogP contribution in [-0.2, 0) is 11.3 Å². The fourth-order valence-corrected chi connectivity index (χ4v) is 4.63. The van der Waals surface area contributed by atoms with Gasteiger partial charge in [-0.2, -0.15) is 0 Å². The number of anilines is 1. The monoisotopic (exact) mass is 445 g/mol. The summed E-state index contributed by atoms with van der Waals surface area (Å²) in [4.78, 5) is 30.6. The maximum atomic E-state index is 13.1.